The average Bonchev–Trinajstić information content (AvgIpc) is 3.08. The van der Waals surface area contributed by atoms with Crippen LogP contribution in [0.4, 0.5) is 9.59 Å². The summed E-state index contributed by atoms with van der Waals surface area (Å²) in [5.74, 6) is 1.32. The zero-order valence-corrected chi connectivity index (χ0v) is 25.8. The molecule has 5 rings (SSSR count). The molecule has 2 amide bonds. The van der Waals surface area contributed by atoms with Crippen molar-refractivity contribution in [1.29, 1.82) is 0 Å². The van der Waals surface area contributed by atoms with E-state index in [9.17, 15) is 9.59 Å². The van der Waals surface area contributed by atoms with E-state index in [2.05, 4.69) is 0 Å². The van der Waals surface area contributed by atoms with Crippen LogP contribution in [0.3, 0.4) is 0 Å². The average molecular weight is 627 g/mol. The molecule has 0 spiro atoms. The Morgan fingerprint density at radius 3 is 1.53 bits per heavy atom. The number of primary amides is 2. The van der Waals surface area contributed by atoms with E-state index in [1.807, 2.05) is 116 Å². The summed E-state index contributed by atoms with van der Waals surface area (Å²) < 4.78 is 23.0. The fourth-order valence-electron chi connectivity index (χ4n) is 4.99. The molecule has 0 aliphatic carbocycles. The maximum atomic E-state index is 11.9. The molecule has 8 nitrogen and oxygen atoms in total. The molecule has 0 fully saturated rings. The first-order valence-electron chi connectivity index (χ1n) is 14.9. The number of hydrogen-bond donors (Lipinski definition) is 2. The van der Waals surface area contributed by atoms with E-state index in [-0.39, 0.29) is 25.4 Å². The molecule has 8 heteroatoms. The summed E-state index contributed by atoms with van der Waals surface area (Å²) in [6, 6.07) is 40.3. The zero-order valence-electron chi connectivity index (χ0n) is 25.8. The molecular weight excluding hydrogens is 592 g/mol. The summed E-state index contributed by atoms with van der Waals surface area (Å²) in [4.78, 5) is 23.8. The van der Waals surface area contributed by atoms with Gasteiger partial charge in [-0.15, -0.1) is 0 Å². The van der Waals surface area contributed by atoms with E-state index in [1.165, 1.54) is 0 Å². The maximum absolute atomic E-state index is 11.9. The number of rotatable bonds is 14. The summed E-state index contributed by atoms with van der Waals surface area (Å²) in [7, 11) is 0. The van der Waals surface area contributed by atoms with Crippen LogP contribution in [0, 0.1) is 32.0 Å². The Kier molecular flexibility index (Phi) is 11.1. The van der Waals surface area contributed by atoms with Gasteiger partial charge >= 0.3 is 12.2 Å². The van der Waals surface area contributed by atoms with Crippen molar-refractivity contribution in [1.82, 2.24) is 0 Å². The largest absolute Gasteiger partial charge is 0.492 e. The molecule has 0 unspecified atom stereocenters. The number of para-hydroxylation sites is 2. The number of aryl methyl sites for hydroxylation is 1. The van der Waals surface area contributed by atoms with Crippen LogP contribution >= 0.6 is 0 Å². The molecule has 5 aromatic rings. The summed E-state index contributed by atoms with van der Waals surface area (Å²) in [5, 5.41) is 0. The van der Waals surface area contributed by atoms with Crippen LogP contribution in [0.5, 0.6) is 11.5 Å². The SMILES string of the molecule is Cc1ccc([C]([CH]COc2ccccc2-c2ccccc2)OC(N)=O)cc1[C]([CH]COc1ccccc1-c1ccccc1)OC(N)=O. The number of hydrogen-bond acceptors (Lipinski definition) is 6. The molecule has 4 radical (unpaired) electrons. The molecular formula is C39H34N2O6. The van der Waals surface area contributed by atoms with Gasteiger partial charge in [-0.3, -0.25) is 0 Å². The van der Waals surface area contributed by atoms with E-state index in [0.29, 0.717) is 22.6 Å². The number of ether oxygens (including phenoxy) is 4. The van der Waals surface area contributed by atoms with Gasteiger partial charge < -0.3 is 30.4 Å². The van der Waals surface area contributed by atoms with E-state index in [1.54, 1.807) is 31.0 Å². The molecule has 0 atom stereocenters. The first-order chi connectivity index (χ1) is 22.9. The molecule has 4 N–H and O–H groups in total. The van der Waals surface area contributed by atoms with Gasteiger partial charge in [0.2, 0.25) is 0 Å². The second kappa shape index (κ2) is 16.0. The van der Waals surface area contributed by atoms with Gasteiger partial charge in [0, 0.05) is 22.3 Å². The van der Waals surface area contributed by atoms with Crippen LogP contribution in [0.15, 0.2) is 127 Å². The molecule has 0 saturated carbocycles. The molecule has 0 bridgehead atoms. The van der Waals surface area contributed by atoms with E-state index in [4.69, 9.17) is 30.4 Å². The molecule has 0 aliphatic rings. The third kappa shape index (κ3) is 8.92. The number of benzene rings is 5. The Labute approximate surface area is 274 Å². The first kappa shape index (κ1) is 32.6. The van der Waals surface area contributed by atoms with Crippen molar-refractivity contribution in [2.24, 2.45) is 11.5 Å². The minimum Gasteiger partial charge on any atom is -0.492 e. The van der Waals surface area contributed by atoms with E-state index in [0.717, 1.165) is 27.8 Å². The third-order valence-electron chi connectivity index (χ3n) is 7.17. The Hall–Kier alpha value is -5.76. The predicted molar refractivity (Wildman–Crippen MR) is 181 cm³/mol. The normalized spacial score (nSPS) is 10.9. The van der Waals surface area contributed by atoms with Crippen molar-refractivity contribution in [2.75, 3.05) is 13.2 Å². The highest BCUT2D eigenvalue weighted by atomic mass is 16.6. The molecule has 47 heavy (non-hydrogen) atoms. The van der Waals surface area contributed by atoms with Crippen molar-refractivity contribution in [3.05, 3.63) is 169 Å². The second-order valence-corrected chi connectivity index (χ2v) is 10.4. The fraction of sp³-hybridized carbons (Fsp3) is 0.0769. The van der Waals surface area contributed by atoms with Gasteiger partial charge in [0.1, 0.15) is 11.5 Å². The molecule has 0 aliphatic heterocycles. The zero-order chi connectivity index (χ0) is 33.0. The first-order valence-corrected chi connectivity index (χ1v) is 14.9. The topological polar surface area (TPSA) is 123 Å². The Bertz CT molecular complexity index is 1780. The van der Waals surface area contributed by atoms with Gasteiger partial charge in [-0.25, -0.2) is 9.59 Å². The minimum absolute atomic E-state index is 0.0742. The second-order valence-electron chi connectivity index (χ2n) is 10.4. The van der Waals surface area contributed by atoms with Crippen molar-refractivity contribution in [3.63, 3.8) is 0 Å². The lowest BCUT2D eigenvalue weighted by Gasteiger charge is -2.21. The van der Waals surface area contributed by atoms with Gasteiger partial charge in [-0.1, -0.05) is 109 Å². The van der Waals surface area contributed by atoms with Crippen LogP contribution in [0.1, 0.15) is 16.7 Å². The fourth-order valence-corrected chi connectivity index (χ4v) is 4.99. The molecule has 236 valence electrons. The lowest BCUT2D eigenvalue weighted by molar-refractivity contribution is 0.169. The van der Waals surface area contributed by atoms with Crippen molar-refractivity contribution in [2.45, 2.75) is 6.92 Å². The van der Waals surface area contributed by atoms with Crippen molar-refractivity contribution >= 4 is 12.2 Å². The minimum atomic E-state index is -0.988. The Balaban J connectivity index is 1.31. The summed E-state index contributed by atoms with van der Waals surface area (Å²) in [5.41, 5.74) is 16.5. The van der Waals surface area contributed by atoms with Crippen molar-refractivity contribution in [3.8, 4) is 33.8 Å². The van der Waals surface area contributed by atoms with Crippen LogP contribution < -0.4 is 20.9 Å². The van der Waals surface area contributed by atoms with Gasteiger partial charge in [-0.05, 0) is 41.8 Å². The van der Waals surface area contributed by atoms with E-state index < -0.39 is 12.2 Å². The van der Waals surface area contributed by atoms with Crippen LogP contribution in [-0.2, 0) is 9.47 Å². The smallest absolute Gasteiger partial charge is 0.405 e. The number of nitrogens with two attached hydrogens (primary N) is 2. The van der Waals surface area contributed by atoms with Crippen LogP contribution in [-0.4, -0.2) is 25.4 Å². The van der Waals surface area contributed by atoms with Gasteiger partial charge in [-0.2, -0.15) is 0 Å². The number of amides is 2. The molecule has 5 aromatic carbocycles. The summed E-state index contributed by atoms with van der Waals surface area (Å²) >= 11 is 0. The maximum Gasteiger partial charge on any atom is 0.405 e. The van der Waals surface area contributed by atoms with Crippen molar-refractivity contribution < 1.29 is 28.5 Å². The Morgan fingerprint density at radius 2 is 1.02 bits per heavy atom. The molecule has 0 heterocycles. The highest BCUT2D eigenvalue weighted by Gasteiger charge is 2.25. The lowest BCUT2D eigenvalue weighted by Crippen LogP contribution is -2.22. The van der Waals surface area contributed by atoms with Gasteiger partial charge in [0.25, 0.3) is 0 Å². The Morgan fingerprint density at radius 1 is 0.574 bits per heavy atom. The third-order valence-corrected chi connectivity index (χ3v) is 7.17. The monoisotopic (exact) mass is 626 g/mol. The predicted octanol–water partition coefficient (Wildman–Crippen LogP) is 7.85. The number of carbonyl (C=O) groups excluding carboxylic acids is 2. The highest BCUT2D eigenvalue weighted by molar-refractivity contribution is 5.71. The summed E-state index contributed by atoms with van der Waals surface area (Å²) in [6.07, 6.45) is 1.62. The van der Waals surface area contributed by atoms with E-state index >= 15 is 0 Å². The quantitative estimate of drug-likeness (QED) is 0.129. The van der Waals surface area contributed by atoms with Crippen LogP contribution in [0.2, 0.25) is 0 Å². The molecule has 0 aromatic heterocycles. The summed E-state index contributed by atoms with van der Waals surface area (Å²) in [6.45, 7) is 2.00. The highest BCUT2D eigenvalue weighted by Crippen LogP contribution is 2.33. The standard InChI is InChI=1S/C39H34N2O6/c1-27-20-21-30(34(46-38(40)42)22-24-44-35-18-10-8-16-31(35)28-12-4-2-5-13-28)26-33(27)37(47-39(41)43)23-25-45-36-19-11-9-17-32(36)29-14-6-3-7-15-29/h2-23,26H,24-25H2,1H3,(H2,40,42)(H2,41,43). The lowest BCUT2D eigenvalue weighted by atomic mass is 9.95. The van der Waals surface area contributed by atoms with Gasteiger partial charge in [0.15, 0.2) is 12.2 Å². The number of carbonyl (C=O) groups is 2. The molecule has 0 saturated heterocycles. The van der Waals surface area contributed by atoms with Crippen LogP contribution in [0.25, 0.3) is 22.3 Å². The van der Waals surface area contributed by atoms with Gasteiger partial charge in [0.05, 0.1) is 26.1 Å².